The zero-order valence-electron chi connectivity index (χ0n) is 13.0. The summed E-state index contributed by atoms with van der Waals surface area (Å²) in [5, 5.41) is 4.05. The largest absolute Gasteiger partial charge is 0.419 e. The van der Waals surface area contributed by atoms with Crippen LogP contribution in [0.1, 0.15) is 31.1 Å². The molecule has 0 saturated heterocycles. The van der Waals surface area contributed by atoms with Crippen LogP contribution < -0.4 is 4.72 Å². The topological polar surface area (TPSA) is 64.0 Å². The summed E-state index contributed by atoms with van der Waals surface area (Å²) in [5.41, 5.74) is -1.73. The number of anilines is 1. The van der Waals surface area contributed by atoms with E-state index in [1.807, 2.05) is 4.72 Å². The highest BCUT2D eigenvalue weighted by atomic mass is 32.2. The third kappa shape index (κ3) is 3.69. The molecule has 10 heteroatoms. The van der Waals surface area contributed by atoms with Crippen molar-refractivity contribution in [1.29, 1.82) is 0 Å². The summed E-state index contributed by atoms with van der Waals surface area (Å²) in [6.07, 6.45) is -3.64. The Hall–Kier alpha value is -2.10. The first-order valence-electron chi connectivity index (χ1n) is 6.87. The molecule has 0 aliphatic carbocycles. The average molecular weight is 365 g/mol. The number of nitrogens with zero attached hydrogens (tertiary/aromatic N) is 2. The van der Waals surface area contributed by atoms with E-state index >= 15 is 0 Å². The van der Waals surface area contributed by atoms with Crippen molar-refractivity contribution >= 4 is 15.7 Å². The lowest BCUT2D eigenvalue weighted by molar-refractivity contribution is -0.139. The summed E-state index contributed by atoms with van der Waals surface area (Å²) in [6, 6.07) is 1.81. The second kappa shape index (κ2) is 6.08. The van der Waals surface area contributed by atoms with Crippen molar-refractivity contribution in [2.75, 3.05) is 4.72 Å². The zero-order chi connectivity index (χ0) is 18.3. The van der Waals surface area contributed by atoms with Crippen molar-refractivity contribution in [3.63, 3.8) is 0 Å². The first kappa shape index (κ1) is 18.2. The lowest BCUT2D eigenvalue weighted by atomic mass is 10.2. The van der Waals surface area contributed by atoms with Gasteiger partial charge in [-0.15, -0.1) is 0 Å². The molecule has 132 valence electrons. The minimum Gasteiger partial charge on any atom is -0.280 e. The number of hydrogen-bond acceptors (Lipinski definition) is 3. The summed E-state index contributed by atoms with van der Waals surface area (Å²) < 4.78 is 79.6. The summed E-state index contributed by atoms with van der Waals surface area (Å²) in [5.74, 6) is -1.48. The van der Waals surface area contributed by atoms with Gasteiger partial charge in [0.05, 0.1) is 11.3 Å². The molecule has 5 nitrogen and oxygen atoms in total. The van der Waals surface area contributed by atoms with Crippen LogP contribution in [0.2, 0.25) is 0 Å². The van der Waals surface area contributed by atoms with E-state index in [1.165, 1.54) is 17.8 Å². The maximum atomic E-state index is 13.3. The van der Waals surface area contributed by atoms with Crippen LogP contribution in [0.5, 0.6) is 0 Å². The van der Waals surface area contributed by atoms with Gasteiger partial charge in [-0.3, -0.25) is 9.40 Å². The van der Waals surface area contributed by atoms with Crippen molar-refractivity contribution in [1.82, 2.24) is 9.78 Å². The highest BCUT2D eigenvalue weighted by molar-refractivity contribution is 7.92. The predicted octanol–water partition coefficient (Wildman–Crippen LogP) is 3.73. The van der Waals surface area contributed by atoms with E-state index in [2.05, 4.69) is 5.10 Å². The van der Waals surface area contributed by atoms with Gasteiger partial charge in [0, 0.05) is 17.9 Å². The number of hydrogen-bond donors (Lipinski definition) is 1. The Morgan fingerprint density at radius 2 is 1.88 bits per heavy atom. The number of benzene rings is 1. The number of alkyl halides is 3. The molecule has 0 aliphatic heterocycles. The van der Waals surface area contributed by atoms with Gasteiger partial charge in [0.2, 0.25) is 0 Å². The van der Waals surface area contributed by atoms with Crippen molar-refractivity contribution in [2.24, 2.45) is 0 Å². The van der Waals surface area contributed by atoms with Gasteiger partial charge >= 0.3 is 6.18 Å². The quantitative estimate of drug-likeness (QED) is 0.840. The van der Waals surface area contributed by atoms with E-state index in [1.54, 1.807) is 13.8 Å². The number of rotatable bonds is 4. The molecule has 1 N–H and O–H groups in total. The highest BCUT2D eigenvalue weighted by Crippen LogP contribution is 2.33. The third-order valence-electron chi connectivity index (χ3n) is 3.21. The highest BCUT2D eigenvalue weighted by Gasteiger charge is 2.34. The monoisotopic (exact) mass is 365 g/mol. The molecular formula is C14H15F4N3O2S. The van der Waals surface area contributed by atoms with Crippen LogP contribution in [0.4, 0.5) is 23.2 Å². The van der Waals surface area contributed by atoms with E-state index < -0.39 is 27.6 Å². The molecule has 0 bridgehead atoms. The minimum atomic E-state index is -4.93. The smallest absolute Gasteiger partial charge is 0.280 e. The summed E-state index contributed by atoms with van der Waals surface area (Å²) >= 11 is 0. The Morgan fingerprint density at radius 1 is 1.25 bits per heavy atom. The van der Waals surface area contributed by atoms with Crippen molar-refractivity contribution in [3.8, 4) is 0 Å². The standard InChI is InChI=1S/C14H15F4N3O2S/c1-8(2)21-7-13(9(3)19-21)24(22,23)20-10-4-5-12(15)11(6-10)14(16,17)18/h4-8,20H,1-3H3. The summed E-state index contributed by atoms with van der Waals surface area (Å²) in [6.45, 7) is 5.07. The van der Waals surface area contributed by atoms with Crippen molar-refractivity contribution < 1.29 is 26.0 Å². The van der Waals surface area contributed by atoms with Gasteiger partial charge in [-0.1, -0.05) is 0 Å². The Kier molecular flexibility index (Phi) is 4.62. The van der Waals surface area contributed by atoms with Crippen LogP contribution in [0.25, 0.3) is 0 Å². The number of halogens is 4. The molecule has 0 spiro atoms. The fourth-order valence-corrected chi connectivity index (χ4v) is 3.23. The minimum absolute atomic E-state index is 0.0877. The van der Waals surface area contributed by atoms with Gasteiger partial charge in [0.15, 0.2) is 0 Å². The van der Waals surface area contributed by atoms with Crippen molar-refractivity contribution in [3.05, 3.63) is 41.5 Å². The Labute approximate surface area is 136 Å². The number of sulfonamides is 1. The SMILES string of the molecule is Cc1nn(C(C)C)cc1S(=O)(=O)Nc1ccc(F)c(C(F)(F)F)c1. The van der Waals surface area contributed by atoms with Gasteiger partial charge in [0.1, 0.15) is 10.7 Å². The molecule has 0 aliphatic rings. The van der Waals surface area contributed by atoms with Gasteiger partial charge in [0.25, 0.3) is 10.0 Å². The summed E-state index contributed by atoms with van der Waals surface area (Å²) in [4.78, 5) is -0.158. The lowest BCUT2D eigenvalue weighted by Gasteiger charge is -2.12. The van der Waals surface area contributed by atoms with Crippen molar-refractivity contribution in [2.45, 2.75) is 37.9 Å². The second-order valence-electron chi connectivity index (χ2n) is 5.45. The van der Waals surface area contributed by atoms with Crippen LogP contribution in [-0.4, -0.2) is 18.2 Å². The number of aromatic nitrogens is 2. The fraction of sp³-hybridized carbons (Fsp3) is 0.357. The van der Waals surface area contributed by atoms with Gasteiger partial charge in [-0.05, 0) is 39.0 Å². The van der Waals surface area contributed by atoms with E-state index in [0.29, 0.717) is 12.1 Å². The summed E-state index contributed by atoms with van der Waals surface area (Å²) in [7, 11) is -4.15. The molecule has 0 fully saturated rings. The van der Waals surface area contributed by atoms with Crippen LogP contribution in [0, 0.1) is 12.7 Å². The average Bonchev–Trinajstić information content (AvgIpc) is 2.82. The predicted molar refractivity (Wildman–Crippen MR) is 79.6 cm³/mol. The van der Waals surface area contributed by atoms with E-state index in [4.69, 9.17) is 0 Å². The normalized spacial score (nSPS) is 12.7. The zero-order valence-corrected chi connectivity index (χ0v) is 13.8. The molecule has 2 aromatic rings. The maximum Gasteiger partial charge on any atom is 0.419 e. The van der Waals surface area contributed by atoms with Gasteiger partial charge in [-0.2, -0.15) is 18.3 Å². The molecule has 0 atom stereocenters. The molecule has 1 heterocycles. The fourth-order valence-electron chi connectivity index (χ4n) is 2.01. The first-order valence-corrected chi connectivity index (χ1v) is 8.35. The van der Waals surface area contributed by atoms with E-state index in [9.17, 15) is 26.0 Å². The molecule has 24 heavy (non-hydrogen) atoms. The van der Waals surface area contributed by atoms with Crippen LogP contribution in [0.15, 0.2) is 29.3 Å². The van der Waals surface area contributed by atoms with E-state index in [-0.39, 0.29) is 22.3 Å². The molecule has 0 saturated carbocycles. The Balaban J connectivity index is 2.40. The van der Waals surface area contributed by atoms with Crippen LogP contribution in [0.3, 0.4) is 0 Å². The maximum absolute atomic E-state index is 13.3. The van der Waals surface area contributed by atoms with E-state index in [0.717, 1.165) is 6.07 Å². The third-order valence-corrected chi connectivity index (χ3v) is 4.70. The molecule has 2 rings (SSSR count). The first-order chi connectivity index (χ1) is 10.9. The Morgan fingerprint density at radius 3 is 2.38 bits per heavy atom. The number of nitrogens with one attached hydrogen (secondary N) is 1. The molecule has 0 radical (unpaired) electrons. The van der Waals surface area contributed by atoms with Crippen LogP contribution >= 0.6 is 0 Å². The molecule has 0 unspecified atom stereocenters. The Bertz CT molecular complexity index is 857. The van der Waals surface area contributed by atoms with Gasteiger partial charge in [-0.25, -0.2) is 12.8 Å². The van der Waals surface area contributed by atoms with Crippen LogP contribution in [-0.2, 0) is 16.2 Å². The molecular weight excluding hydrogens is 350 g/mol. The molecule has 0 amide bonds. The van der Waals surface area contributed by atoms with Gasteiger partial charge < -0.3 is 0 Å². The lowest BCUT2D eigenvalue weighted by Crippen LogP contribution is -2.15. The molecule has 1 aromatic heterocycles. The second-order valence-corrected chi connectivity index (χ2v) is 7.10. The number of aryl methyl sites for hydroxylation is 1. The molecule has 1 aromatic carbocycles.